The van der Waals surface area contributed by atoms with Gasteiger partial charge in [-0.15, -0.1) is 24.8 Å². The van der Waals surface area contributed by atoms with Crippen molar-refractivity contribution < 1.29 is 4.79 Å². The summed E-state index contributed by atoms with van der Waals surface area (Å²) in [6.07, 6.45) is 3.26. The number of rotatable bonds is 3. The zero-order valence-corrected chi connectivity index (χ0v) is 15.8. The van der Waals surface area contributed by atoms with Gasteiger partial charge in [0.25, 0.3) is 0 Å². The molecule has 0 aliphatic carbocycles. The number of hydrogen-bond donors (Lipinski definition) is 1. The highest BCUT2D eigenvalue weighted by atomic mass is 35.5. The van der Waals surface area contributed by atoms with Crippen molar-refractivity contribution in [3.8, 4) is 0 Å². The maximum atomic E-state index is 12.8. The summed E-state index contributed by atoms with van der Waals surface area (Å²) in [5.74, 6) is 0.567. The summed E-state index contributed by atoms with van der Waals surface area (Å²) in [5.41, 5.74) is 1.34. The fraction of sp³-hybridized carbons (Fsp3) is 0.611. The molecule has 24 heavy (non-hydrogen) atoms. The van der Waals surface area contributed by atoms with Gasteiger partial charge in [0.1, 0.15) is 0 Å². The molecule has 2 aliphatic heterocycles. The zero-order valence-electron chi connectivity index (χ0n) is 14.2. The van der Waals surface area contributed by atoms with Gasteiger partial charge in [-0.1, -0.05) is 30.3 Å². The molecule has 1 atom stereocenters. The van der Waals surface area contributed by atoms with E-state index in [1.807, 2.05) is 0 Å². The average molecular weight is 374 g/mol. The molecule has 1 amide bonds. The molecule has 4 nitrogen and oxygen atoms in total. The van der Waals surface area contributed by atoms with E-state index in [1.165, 1.54) is 5.56 Å². The number of nitrogens with one attached hydrogen (secondary N) is 1. The molecule has 1 aromatic rings. The zero-order chi connectivity index (χ0) is 15.2. The van der Waals surface area contributed by atoms with E-state index in [0.717, 1.165) is 65.1 Å². The van der Waals surface area contributed by atoms with Crippen molar-refractivity contribution >= 4 is 30.7 Å². The van der Waals surface area contributed by atoms with Crippen LogP contribution in [-0.2, 0) is 11.3 Å². The third-order valence-electron chi connectivity index (χ3n) is 4.76. The molecule has 0 radical (unpaired) electrons. The molecular formula is C18H29Cl2N3O. The average Bonchev–Trinajstić information content (AvgIpc) is 2.85. The van der Waals surface area contributed by atoms with Crippen LogP contribution in [0.25, 0.3) is 0 Å². The third-order valence-corrected chi connectivity index (χ3v) is 4.76. The molecule has 6 heteroatoms. The summed E-state index contributed by atoms with van der Waals surface area (Å²) >= 11 is 0. The minimum Gasteiger partial charge on any atom is -0.341 e. The van der Waals surface area contributed by atoms with E-state index in [2.05, 4.69) is 45.4 Å². The van der Waals surface area contributed by atoms with Crippen LogP contribution >= 0.6 is 24.8 Å². The van der Waals surface area contributed by atoms with E-state index in [9.17, 15) is 4.79 Å². The molecule has 0 aromatic heterocycles. The fourth-order valence-electron chi connectivity index (χ4n) is 3.57. The van der Waals surface area contributed by atoms with Gasteiger partial charge >= 0.3 is 0 Å². The summed E-state index contributed by atoms with van der Waals surface area (Å²) < 4.78 is 0. The van der Waals surface area contributed by atoms with Gasteiger partial charge < -0.3 is 10.2 Å². The molecule has 0 spiro atoms. The van der Waals surface area contributed by atoms with Crippen molar-refractivity contribution in [2.24, 2.45) is 5.92 Å². The smallest absolute Gasteiger partial charge is 0.227 e. The summed E-state index contributed by atoms with van der Waals surface area (Å²) in [6, 6.07) is 10.6. The highest BCUT2D eigenvalue weighted by Gasteiger charge is 2.29. The third kappa shape index (κ3) is 5.92. The molecule has 0 bridgehead atoms. The highest BCUT2D eigenvalue weighted by Crippen LogP contribution is 2.21. The summed E-state index contributed by atoms with van der Waals surface area (Å²) in [6.45, 7) is 6.75. The monoisotopic (exact) mass is 373 g/mol. The predicted molar refractivity (Wildman–Crippen MR) is 103 cm³/mol. The number of amides is 1. The topological polar surface area (TPSA) is 35.6 Å². The molecule has 1 unspecified atom stereocenters. The van der Waals surface area contributed by atoms with Gasteiger partial charge in [-0.05, 0) is 37.9 Å². The molecule has 2 aliphatic rings. The maximum Gasteiger partial charge on any atom is 0.227 e. The quantitative estimate of drug-likeness (QED) is 0.884. The normalized spacial score (nSPS) is 22.0. The van der Waals surface area contributed by atoms with Crippen LogP contribution in [0.2, 0.25) is 0 Å². The van der Waals surface area contributed by atoms with Crippen LogP contribution in [0.3, 0.4) is 0 Å². The van der Waals surface area contributed by atoms with Crippen LogP contribution in [0.15, 0.2) is 30.3 Å². The van der Waals surface area contributed by atoms with E-state index in [4.69, 9.17) is 0 Å². The van der Waals surface area contributed by atoms with Gasteiger partial charge in [-0.25, -0.2) is 0 Å². The number of likely N-dealkylation sites (tertiary alicyclic amines) is 1. The summed E-state index contributed by atoms with van der Waals surface area (Å²) in [7, 11) is 0. The lowest BCUT2D eigenvalue weighted by Crippen LogP contribution is -2.45. The van der Waals surface area contributed by atoms with Crippen molar-refractivity contribution in [3.05, 3.63) is 35.9 Å². The Labute approximate surface area is 157 Å². The highest BCUT2D eigenvalue weighted by molar-refractivity contribution is 5.85. The van der Waals surface area contributed by atoms with Crippen LogP contribution in [0.4, 0.5) is 0 Å². The number of nitrogens with zero attached hydrogens (tertiary/aromatic N) is 2. The van der Waals surface area contributed by atoms with E-state index >= 15 is 0 Å². The lowest BCUT2D eigenvalue weighted by molar-refractivity contribution is -0.137. The lowest BCUT2D eigenvalue weighted by atomic mass is 9.96. The van der Waals surface area contributed by atoms with Crippen molar-refractivity contribution in [1.82, 2.24) is 15.1 Å². The second-order valence-electron chi connectivity index (χ2n) is 6.49. The molecule has 2 heterocycles. The maximum absolute atomic E-state index is 12.8. The Bertz CT molecular complexity index is 478. The number of benzene rings is 1. The number of piperidine rings is 1. The first-order valence-corrected chi connectivity index (χ1v) is 8.59. The van der Waals surface area contributed by atoms with Gasteiger partial charge in [-0.2, -0.15) is 0 Å². The molecular weight excluding hydrogens is 345 g/mol. The second kappa shape index (κ2) is 10.9. The van der Waals surface area contributed by atoms with Gasteiger partial charge in [-0.3, -0.25) is 9.69 Å². The second-order valence-corrected chi connectivity index (χ2v) is 6.49. The first kappa shape index (κ1) is 21.2. The molecule has 136 valence electrons. The number of hydrogen-bond acceptors (Lipinski definition) is 3. The van der Waals surface area contributed by atoms with Crippen LogP contribution in [0.5, 0.6) is 0 Å². The Hall–Kier alpha value is -0.810. The number of halogens is 2. The first-order valence-electron chi connectivity index (χ1n) is 8.59. The van der Waals surface area contributed by atoms with Crippen molar-refractivity contribution in [3.63, 3.8) is 0 Å². The summed E-state index contributed by atoms with van der Waals surface area (Å²) in [4.78, 5) is 17.3. The molecule has 1 N–H and O–H groups in total. The van der Waals surface area contributed by atoms with Crippen LogP contribution in [-0.4, -0.2) is 55.0 Å². The van der Waals surface area contributed by atoms with E-state index in [0.29, 0.717) is 5.91 Å². The number of carbonyl (C=O) groups excluding carboxylic acids is 1. The standard InChI is InChI=1S/C18H27N3O.2ClH/c22-18(21-12-5-9-19-10-13-21)17-8-4-11-20(15-17)14-16-6-2-1-3-7-16;;/h1-3,6-7,17,19H,4-5,8-15H2;2*1H. The van der Waals surface area contributed by atoms with Crippen molar-refractivity contribution in [1.29, 1.82) is 0 Å². The predicted octanol–water partition coefficient (Wildman–Crippen LogP) is 2.56. The Balaban J connectivity index is 0.00000144. The van der Waals surface area contributed by atoms with Gasteiger partial charge in [0, 0.05) is 32.7 Å². The van der Waals surface area contributed by atoms with E-state index < -0.39 is 0 Å². The van der Waals surface area contributed by atoms with Gasteiger partial charge in [0.05, 0.1) is 5.92 Å². The number of carbonyl (C=O) groups is 1. The summed E-state index contributed by atoms with van der Waals surface area (Å²) in [5, 5.41) is 3.37. The molecule has 2 saturated heterocycles. The van der Waals surface area contributed by atoms with E-state index in [1.54, 1.807) is 0 Å². The van der Waals surface area contributed by atoms with E-state index in [-0.39, 0.29) is 30.7 Å². The Morgan fingerprint density at radius 1 is 1.04 bits per heavy atom. The molecule has 0 saturated carbocycles. The van der Waals surface area contributed by atoms with Crippen LogP contribution < -0.4 is 5.32 Å². The van der Waals surface area contributed by atoms with Crippen LogP contribution in [0, 0.1) is 5.92 Å². The SMILES string of the molecule is Cl.Cl.O=C(C1CCCN(Cc2ccccc2)C1)N1CCCNCC1. The first-order chi connectivity index (χ1) is 10.8. The largest absolute Gasteiger partial charge is 0.341 e. The minimum absolute atomic E-state index is 0. The Morgan fingerprint density at radius 2 is 1.83 bits per heavy atom. The van der Waals surface area contributed by atoms with Gasteiger partial charge in [0.2, 0.25) is 5.91 Å². The minimum atomic E-state index is 0. The Kier molecular flexibility index (Phi) is 9.67. The lowest BCUT2D eigenvalue weighted by Gasteiger charge is -2.34. The molecule has 1 aromatic carbocycles. The fourth-order valence-corrected chi connectivity index (χ4v) is 3.57. The van der Waals surface area contributed by atoms with Gasteiger partial charge in [0.15, 0.2) is 0 Å². The van der Waals surface area contributed by atoms with Crippen LogP contribution in [0.1, 0.15) is 24.8 Å². The molecule has 3 rings (SSSR count). The Morgan fingerprint density at radius 3 is 2.62 bits per heavy atom. The van der Waals surface area contributed by atoms with Crippen molar-refractivity contribution in [2.45, 2.75) is 25.8 Å². The van der Waals surface area contributed by atoms with Crippen molar-refractivity contribution in [2.75, 3.05) is 39.3 Å². The molecule has 2 fully saturated rings.